The Morgan fingerprint density at radius 2 is 1.79 bits per heavy atom. The summed E-state index contributed by atoms with van der Waals surface area (Å²) in [6.07, 6.45) is 0.953. The first kappa shape index (κ1) is 21.7. The molecule has 0 heterocycles. The predicted octanol–water partition coefficient (Wildman–Crippen LogP) is 3.08. The molecule has 0 fully saturated rings. The van der Waals surface area contributed by atoms with E-state index in [9.17, 15) is 9.59 Å². The fraction of sp³-hybridized carbons (Fsp3) is 0.333. The maximum Gasteiger partial charge on any atom is 0.312 e. The lowest BCUT2D eigenvalue weighted by molar-refractivity contribution is -0.121. The summed E-state index contributed by atoms with van der Waals surface area (Å²) in [6.45, 7) is 2.31. The molecule has 6 nitrogen and oxygen atoms in total. The topological polar surface area (TPSA) is 87.5 Å². The lowest BCUT2D eigenvalue weighted by Crippen LogP contribution is -2.37. The highest BCUT2D eigenvalue weighted by atomic mass is 35.5. The van der Waals surface area contributed by atoms with Crippen molar-refractivity contribution in [2.75, 3.05) is 20.1 Å². The number of primary amides is 1. The second kappa shape index (κ2) is 11.3. The number of carbonyl (C=O) groups is 2. The predicted molar refractivity (Wildman–Crippen MR) is 112 cm³/mol. The van der Waals surface area contributed by atoms with Gasteiger partial charge in [0.15, 0.2) is 0 Å². The third-order valence-corrected chi connectivity index (χ3v) is 4.56. The SMILES string of the molecule is CN(CCCNC(=O)C[C@@H](NC(N)=O)c1ccc(Cl)cc1)Cc1ccccc1. The fourth-order valence-electron chi connectivity index (χ4n) is 2.93. The van der Waals surface area contributed by atoms with E-state index in [1.165, 1.54) is 5.56 Å². The van der Waals surface area contributed by atoms with Crippen molar-refractivity contribution in [2.45, 2.75) is 25.4 Å². The number of hydrogen-bond donors (Lipinski definition) is 3. The lowest BCUT2D eigenvalue weighted by atomic mass is 10.0. The zero-order valence-corrected chi connectivity index (χ0v) is 16.8. The van der Waals surface area contributed by atoms with Crippen LogP contribution in [0.4, 0.5) is 4.79 Å². The number of benzene rings is 2. The van der Waals surface area contributed by atoms with E-state index in [0.717, 1.165) is 25.1 Å². The molecule has 0 unspecified atom stereocenters. The minimum atomic E-state index is -0.671. The van der Waals surface area contributed by atoms with Gasteiger partial charge < -0.3 is 21.3 Å². The van der Waals surface area contributed by atoms with Crippen LogP contribution in [0.5, 0.6) is 0 Å². The van der Waals surface area contributed by atoms with E-state index in [2.05, 4.69) is 34.7 Å². The van der Waals surface area contributed by atoms with E-state index in [0.29, 0.717) is 11.6 Å². The average Bonchev–Trinajstić information content (AvgIpc) is 2.66. The molecule has 4 N–H and O–H groups in total. The van der Waals surface area contributed by atoms with Crippen LogP contribution in [0.15, 0.2) is 54.6 Å². The van der Waals surface area contributed by atoms with Gasteiger partial charge in [0.25, 0.3) is 0 Å². The first-order chi connectivity index (χ1) is 13.4. The van der Waals surface area contributed by atoms with Gasteiger partial charge >= 0.3 is 6.03 Å². The summed E-state index contributed by atoms with van der Waals surface area (Å²) in [5.41, 5.74) is 7.28. The Hall–Kier alpha value is -2.57. The molecule has 0 radical (unpaired) electrons. The van der Waals surface area contributed by atoms with Crippen LogP contribution < -0.4 is 16.4 Å². The molecule has 0 saturated carbocycles. The number of halogens is 1. The molecule has 1 atom stereocenters. The molecule has 2 rings (SSSR count). The third kappa shape index (κ3) is 7.98. The third-order valence-electron chi connectivity index (χ3n) is 4.31. The van der Waals surface area contributed by atoms with Crippen LogP contribution in [0.25, 0.3) is 0 Å². The largest absolute Gasteiger partial charge is 0.356 e. The van der Waals surface area contributed by atoms with Crippen molar-refractivity contribution < 1.29 is 9.59 Å². The van der Waals surface area contributed by atoms with Gasteiger partial charge in [-0.1, -0.05) is 54.1 Å². The molecule has 150 valence electrons. The number of amides is 3. The molecule has 0 bridgehead atoms. The van der Waals surface area contributed by atoms with Crippen LogP contribution in [0.1, 0.15) is 30.0 Å². The molecule has 28 heavy (non-hydrogen) atoms. The maximum atomic E-state index is 12.3. The van der Waals surface area contributed by atoms with Gasteiger partial charge in [0, 0.05) is 18.1 Å². The number of urea groups is 1. The van der Waals surface area contributed by atoms with Crippen molar-refractivity contribution >= 4 is 23.5 Å². The summed E-state index contributed by atoms with van der Waals surface area (Å²) in [6, 6.07) is 16.1. The highest BCUT2D eigenvalue weighted by Gasteiger charge is 2.17. The van der Waals surface area contributed by atoms with Gasteiger partial charge in [-0.05, 0) is 43.3 Å². The molecular weight excluding hydrogens is 376 g/mol. The first-order valence-corrected chi connectivity index (χ1v) is 9.62. The smallest absolute Gasteiger partial charge is 0.312 e. The van der Waals surface area contributed by atoms with E-state index in [-0.39, 0.29) is 12.3 Å². The van der Waals surface area contributed by atoms with E-state index in [4.69, 9.17) is 17.3 Å². The molecular formula is C21H27ClN4O2. The number of carbonyl (C=O) groups excluding carboxylic acids is 2. The zero-order valence-electron chi connectivity index (χ0n) is 16.0. The highest BCUT2D eigenvalue weighted by molar-refractivity contribution is 6.30. The second-order valence-electron chi connectivity index (χ2n) is 6.74. The Morgan fingerprint density at radius 3 is 2.43 bits per heavy atom. The van der Waals surface area contributed by atoms with Gasteiger partial charge in [0.05, 0.1) is 12.5 Å². The summed E-state index contributed by atoms with van der Waals surface area (Å²) in [5.74, 6) is -0.139. The van der Waals surface area contributed by atoms with Crippen LogP contribution in [0.2, 0.25) is 5.02 Å². The molecule has 3 amide bonds. The van der Waals surface area contributed by atoms with Crippen LogP contribution in [-0.4, -0.2) is 37.0 Å². The second-order valence-corrected chi connectivity index (χ2v) is 7.18. The molecule has 0 aliphatic carbocycles. The Morgan fingerprint density at radius 1 is 1.11 bits per heavy atom. The summed E-state index contributed by atoms with van der Waals surface area (Å²) < 4.78 is 0. The normalized spacial score (nSPS) is 11.8. The molecule has 7 heteroatoms. The number of rotatable bonds is 10. The van der Waals surface area contributed by atoms with Gasteiger partial charge in [0.1, 0.15) is 0 Å². The van der Waals surface area contributed by atoms with Gasteiger partial charge in [-0.15, -0.1) is 0 Å². The minimum Gasteiger partial charge on any atom is -0.356 e. The molecule has 2 aromatic carbocycles. The van der Waals surface area contributed by atoms with E-state index < -0.39 is 12.1 Å². The van der Waals surface area contributed by atoms with Gasteiger partial charge in [-0.3, -0.25) is 4.79 Å². The van der Waals surface area contributed by atoms with Crippen molar-refractivity contribution in [3.8, 4) is 0 Å². The highest BCUT2D eigenvalue weighted by Crippen LogP contribution is 2.19. The summed E-state index contributed by atoms with van der Waals surface area (Å²) in [7, 11) is 2.06. The molecule has 0 spiro atoms. The maximum absolute atomic E-state index is 12.3. The van der Waals surface area contributed by atoms with Crippen molar-refractivity contribution in [3.05, 3.63) is 70.7 Å². The Balaban J connectivity index is 1.74. The Labute approximate surface area is 171 Å². The fourth-order valence-corrected chi connectivity index (χ4v) is 3.05. The van der Waals surface area contributed by atoms with Crippen LogP contribution in [0, 0.1) is 0 Å². The van der Waals surface area contributed by atoms with Gasteiger partial charge in [-0.25, -0.2) is 4.79 Å². The molecule has 0 aromatic heterocycles. The lowest BCUT2D eigenvalue weighted by Gasteiger charge is -2.19. The average molecular weight is 403 g/mol. The summed E-state index contributed by atoms with van der Waals surface area (Å²) >= 11 is 5.89. The van der Waals surface area contributed by atoms with Crippen molar-refractivity contribution in [2.24, 2.45) is 5.73 Å². The van der Waals surface area contributed by atoms with Crippen molar-refractivity contribution in [1.29, 1.82) is 0 Å². The number of nitrogens with zero attached hydrogens (tertiary/aromatic N) is 1. The van der Waals surface area contributed by atoms with Crippen LogP contribution >= 0.6 is 11.6 Å². The summed E-state index contributed by atoms with van der Waals surface area (Å²) in [4.78, 5) is 25.7. The van der Waals surface area contributed by atoms with E-state index in [1.54, 1.807) is 24.3 Å². The van der Waals surface area contributed by atoms with E-state index >= 15 is 0 Å². The monoisotopic (exact) mass is 402 g/mol. The van der Waals surface area contributed by atoms with Gasteiger partial charge in [0.2, 0.25) is 5.91 Å². The molecule has 0 saturated heterocycles. The quantitative estimate of drug-likeness (QED) is 0.533. The minimum absolute atomic E-state index is 0.116. The van der Waals surface area contributed by atoms with Gasteiger partial charge in [-0.2, -0.15) is 0 Å². The van der Waals surface area contributed by atoms with Crippen LogP contribution in [-0.2, 0) is 11.3 Å². The molecule has 0 aliphatic heterocycles. The van der Waals surface area contributed by atoms with E-state index in [1.807, 2.05) is 18.2 Å². The molecule has 0 aliphatic rings. The standard InChI is InChI=1S/C21H27ClN4O2/c1-26(15-16-6-3-2-4-7-16)13-5-12-24-20(27)14-19(25-21(23)28)17-8-10-18(22)11-9-17/h2-4,6-11,19H,5,12-15H2,1H3,(H,24,27)(H3,23,25,28)/t19-/m1/s1. The molecule has 2 aromatic rings. The van der Waals surface area contributed by atoms with Crippen LogP contribution in [0.3, 0.4) is 0 Å². The van der Waals surface area contributed by atoms with Crippen molar-refractivity contribution in [3.63, 3.8) is 0 Å². The Bertz CT molecular complexity index is 753. The number of hydrogen-bond acceptors (Lipinski definition) is 3. The zero-order chi connectivity index (χ0) is 20.4. The first-order valence-electron chi connectivity index (χ1n) is 9.24. The number of nitrogens with one attached hydrogen (secondary N) is 2. The number of nitrogens with two attached hydrogens (primary N) is 1. The Kier molecular flexibility index (Phi) is 8.78. The van der Waals surface area contributed by atoms with Crippen molar-refractivity contribution in [1.82, 2.24) is 15.5 Å². The summed E-state index contributed by atoms with van der Waals surface area (Å²) in [5, 5.41) is 6.10.